The summed E-state index contributed by atoms with van der Waals surface area (Å²) in [6, 6.07) is 4.25. The first-order chi connectivity index (χ1) is 11.6. The van der Waals surface area contributed by atoms with Crippen molar-refractivity contribution in [1.82, 2.24) is 4.90 Å². The van der Waals surface area contributed by atoms with Gasteiger partial charge >= 0.3 is 0 Å². The number of nitro benzene ring substituents is 1. The molecule has 1 rings (SSSR count). The van der Waals surface area contributed by atoms with Crippen LogP contribution < -0.4 is 5.32 Å². The maximum Gasteiger partial charge on any atom is 0.293 e. The summed E-state index contributed by atoms with van der Waals surface area (Å²) in [5.41, 5.74) is 0.129. The van der Waals surface area contributed by atoms with Crippen LogP contribution >= 0.6 is 0 Å². The van der Waals surface area contributed by atoms with Crippen molar-refractivity contribution >= 4 is 21.2 Å². The third kappa shape index (κ3) is 6.28. The summed E-state index contributed by atoms with van der Waals surface area (Å²) in [5.74, 6) is 0.509. The molecule has 0 aliphatic carbocycles. The SMILES string of the molecule is CCN(CC)C(CNc1ccc(S(C)(=O)=O)cc1[N+](=O)[O-])CC(C)C. The number of benzene rings is 1. The predicted octanol–water partition coefficient (Wildman–Crippen LogP) is 3.17. The Hall–Kier alpha value is -1.67. The van der Waals surface area contributed by atoms with E-state index in [9.17, 15) is 18.5 Å². The molecule has 7 nitrogen and oxygen atoms in total. The first kappa shape index (κ1) is 21.4. The highest BCUT2D eigenvalue weighted by atomic mass is 32.2. The molecule has 142 valence electrons. The molecule has 0 fully saturated rings. The lowest BCUT2D eigenvalue weighted by molar-refractivity contribution is -0.384. The lowest BCUT2D eigenvalue weighted by Gasteiger charge is -2.31. The molecule has 0 aliphatic heterocycles. The fourth-order valence-electron chi connectivity index (χ4n) is 2.92. The zero-order valence-corrected chi connectivity index (χ0v) is 16.5. The summed E-state index contributed by atoms with van der Waals surface area (Å²) in [5, 5.41) is 14.5. The van der Waals surface area contributed by atoms with Crippen LogP contribution in [-0.2, 0) is 9.84 Å². The minimum Gasteiger partial charge on any atom is -0.378 e. The molecule has 0 amide bonds. The molecular formula is C17H29N3O4S. The van der Waals surface area contributed by atoms with E-state index in [2.05, 4.69) is 37.9 Å². The van der Waals surface area contributed by atoms with Crippen molar-refractivity contribution in [3.05, 3.63) is 28.3 Å². The van der Waals surface area contributed by atoms with Gasteiger partial charge in [0.15, 0.2) is 9.84 Å². The fourth-order valence-corrected chi connectivity index (χ4v) is 3.56. The van der Waals surface area contributed by atoms with Gasteiger partial charge in [-0.25, -0.2) is 8.42 Å². The Morgan fingerprint density at radius 2 is 1.84 bits per heavy atom. The van der Waals surface area contributed by atoms with Gasteiger partial charge in [-0.3, -0.25) is 15.0 Å². The van der Waals surface area contributed by atoms with Crippen molar-refractivity contribution < 1.29 is 13.3 Å². The molecule has 0 heterocycles. The molecule has 0 saturated heterocycles. The van der Waals surface area contributed by atoms with Gasteiger partial charge in [0, 0.05) is 24.9 Å². The number of hydrogen-bond acceptors (Lipinski definition) is 6. The molecule has 0 aliphatic rings. The highest BCUT2D eigenvalue weighted by Gasteiger charge is 2.21. The van der Waals surface area contributed by atoms with Crippen molar-refractivity contribution in [2.75, 3.05) is 31.2 Å². The summed E-state index contributed by atoms with van der Waals surface area (Å²) in [7, 11) is -3.48. The normalized spacial score (nSPS) is 13.2. The zero-order valence-electron chi connectivity index (χ0n) is 15.7. The molecule has 1 aromatic rings. The van der Waals surface area contributed by atoms with Crippen LogP contribution in [0.15, 0.2) is 23.1 Å². The van der Waals surface area contributed by atoms with Crippen LogP contribution in [0.1, 0.15) is 34.1 Å². The van der Waals surface area contributed by atoms with E-state index < -0.39 is 14.8 Å². The lowest BCUT2D eigenvalue weighted by Crippen LogP contribution is -2.40. The smallest absolute Gasteiger partial charge is 0.293 e. The van der Waals surface area contributed by atoms with Gasteiger partial charge in [-0.05, 0) is 37.6 Å². The minimum absolute atomic E-state index is 0.0489. The average molecular weight is 372 g/mol. The first-order valence-electron chi connectivity index (χ1n) is 8.56. The van der Waals surface area contributed by atoms with E-state index in [1.807, 2.05) is 0 Å². The van der Waals surface area contributed by atoms with E-state index >= 15 is 0 Å². The highest BCUT2D eigenvalue weighted by Crippen LogP contribution is 2.28. The van der Waals surface area contributed by atoms with Gasteiger partial charge in [-0.15, -0.1) is 0 Å². The Balaban J connectivity index is 3.05. The fraction of sp³-hybridized carbons (Fsp3) is 0.647. The first-order valence-corrected chi connectivity index (χ1v) is 10.5. The summed E-state index contributed by atoms with van der Waals surface area (Å²) < 4.78 is 23.2. The van der Waals surface area contributed by atoms with Gasteiger partial charge in [0.1, 0.15) is 5.69 Å². The Morgan fingerprint density at radius 3 is 2.28 bits per heavy atom. The number of hydrogen-bond donors (Lipinski definition) is 1. The van der Waals surface area contributed by atoms with E-state index in [-0.39, 0.29) is 16.6 Å². The molecule has 0 spiro atoms. The third-order valence-electron chi connectivity index (χ3n) is 4.19. The summed E-state index contributed by atoms with van der Waals surface area (Å²) in [6.45, 7) is 10.9. The Morgan fingerprint density at radius 1 is 1.24 bits per heavy atom. The zero-order chi connectivity index (χ0) is 19.2. The van der Waals surface area contributed by atoms with Crippen LogP contribution in [0.5, 0.6) is 0 Å². The van der Waals surface area contributed by atoms with Crippen molar-refractivity contribution in [3.63, 3.8) is 0 Å². The average Bonchev–Trinajstić information content (AvgIpc) is 2.51. The monoisotopic (exact) mass is 371 g/mol. The standard InChI is InChI=1S/C17H29N3O4S/c1-6-19(7-2)14(10-13(3)4)12-18-16-9-8-15(25(5,23)24)11-17(16)20(21)22/h8-9,11,13-14,18H,6-7,10,12H2,1-5H3. The van der Waals surface area contributed by atoms with E-state index in [4.69, 9.17) is 0 Å². The van der Waals surface area contributed by atoms with Crippen molar-refractivity contribution in [3.8, 4) is 0 Å². The Labute approximate surface area is 150 Å². The number of anilines is 1. The van der Waals surface area contributed by atoms with Gasteiger partial charge in [0.25, 0.3) is 5.69 Å². The van der Waals surface area contributed by atoms with Crippen LogP contribution in [0.4, 0.5) is 11.4 Å². The highest BCUT2D eigenvalue weighted by molar-refractivity contribution is 7.90. The molecule has 0 saturated carbocycles. The maximum absolute atomic E-state index is 11.6. The number of nitrogens with zero attached hydrogens (tertiary/aromatic N) is 2. The van der Waals surface area contributed by atoms with Gasteiger partial charge in [-0.1, -0.05) is 27.7 Å². The summed E-state index contributed by atoms with van der Waals surface area (Å²) in [6.07, 6.45) is 2.02. The molecule has 0 bridgehead atoms. The number of sulfone groups is 1. The molecule has 1 unspecified atom stereocenters. The number of nitro groups is 1. The van der Waals surface area contributed by atoms with Crippen LogP contribution in [0.25, 0.3) is 0 Å². The van der Waals surface area contributed by atoms with E-state index in [0.29, 0.717) is 18.2 Å². The quantitative estimate of drug-likeness (QED) is 0.502. The number of likely N-dealkylation sites (N-methyl/N-ethyl adjacent to an activating group) is 1. The second-order valence-corrected chi connectivity index (χ2v) is 8.61. The Bertz CT molecular complexity index is 685. The molecule has 25 heavy (non-hydrogen) atoms. The topological polar surface area (TPSA) is 92.6 Å². The lowest BCUT2D eigenvalue weighted by atomic mass is 10.0. The van der Waals surface area contributed by atoms with Crippen molar-refractivity contribution in [2.45, 2.75) is 45.1 Å². The molecule has 1 atom stereocenters. The molecule has 1 aromatic carbocycles. The molecule has 1 N–H and O–H groups in total. The van der Waals surface area contributed by atoms with Gasteiger partial charge in [0.2, 0.25) is 0 Å². The molecular weight excluding hydrogens is 342 g/mol. The number of nitrogens with one attached hydrogen (secondary N) is 1. The van der Waals surface area contributed by atoms with Gasteiger partial charge in [0.05, 0.1) is 9.82 Å². The second-order valence-electron chi connectivity index (χ2n) is 6.59. The molecule has 0 aromatic heterocycles. The van der Waals surface area contributed by atoms with E-state index in [0.717, 1.165) is 31.8 Å². The van der Waals surface area contributed by atoms with Crippen LogP contribution in [0, 0.1) is 16.0 Å². The van der Waals surface area contributed by atoms with Crippen molar-refractivity contribution in [1.29, 1.82) is 0 Å². The minimum atomic E-state index is -3.48. The predicted molar refractivity (Wildman–Crippen MR) is 101 cm³/mol. The molecule has 0 radical (unpaired) electrons. The molecule has 8 heteroatoms. The summed E-state index contributed by atoms with van der Waals surface area (Å²) in [4.78, 5) is 13.1. The van der Waals surface area contributed by atoms with Crippen LogP contribution in [0.2, 0.25) is 0 Å². The van der Waals surface area contributed by atoms with Crippen molar-refractivity contribution in [2.24, 2.45) is 5.92 Å². The van der Waals surface area contributed by atoms with Gasteiger partial charge in [-0.2, -0.15) is 0 Å². The van der Waals surface area contributed by atoms with E-state index in [1.54, 1.807) is 0 Å². The largest absolute Gasteiger partial charge is 0.378 e. The maximum atomic E-state index is 11.6. The van der Waals surface area contributed by atoms with Crippen LogP contribution in [0.3, 0.4) is 0 Å². The van der Waals surface area contributed by atoms with Gasteiger partial charge < -0.3 is 5.32 Å². The summed E-state index contributed by atoms with van der Waals surface area (Å²) >= 11 is 0. The number of rotatable bonds is 10. The van der Waals surface area contributed by atoms with Crippen LogP contribution in [-0.4, -0.2) is 50.2 Å². The second kappa shape index (κ2) is 9.15. The third-order valence-corrected chi connectivity index (χ3v) is 5.30. The van der Waals surface area contributed by atoms with E-state index in [1.165, 1.54) is 12.1 Å². The Kier molecular flexibility index (Phi) is 7.82.